The second-order valence-electron chi connectivity index (χ2n) is 7.38. The summed E-state index contributed by atoms with van der Waals surface area (Å²) in [6.07, 6.45) is 6.45. The maximum Gasteiger partial charge on any atom is 0.257 e. The molecule has 2 aliphatic rings. The van der Waals surface area contributed by atoms with Crippen molar-refractivity contribution < 1.29 is 13.9 Å². The van der Waals surface area contributed by atoms with E-state index >= 15 is 0 Å². The van der Waals surface area contributed by atoms with Gasteiger partial charge in [-0.15, -0.1) is 0 Å². The van der Waals surface area contributed by atoms with Gasteiger partial charge in [0.15, 0.2) is 0 Å². The smallest absolute Gasteiger partial charge is 0.257 e. The zero-order valence-corrected chi connectivity index (χ0v) is 14.5. The lowest BCUT2D eigenvalue weighted by atomic mass is 9.76. The van der Waals surface area contributed by atoms with Gasteiger partial charge in [0.25, 0.3) is 5.91 Å². The fourth-order valence-electron chi connectivity index (χ4n) is 4.26. The Labute approximate surface area is 138 Å². The van der Waals surface area contributed by atoms with Gasteiger partial charge in [-0.1, -0.05) is 0 Å². The van der Waals surface area contributed by atoms with Crippen LogP contribution < -0.4 is 0 Å². The Bertz CT molecular complexity index is 518. The SMILES string of the molecule is COC[C@H]1CC2(CCN(C(=O)c3ccoc3)CC2)CN1C(C)C. The summed E-state index contributed by atoms with van der Waals surface area (Å²) in [5, 5.41) is 0. The minimum absolute atomic E-state index is 0.0979. The van der Waals surface area contributed by atoms with Crippen molar-refractivity contribution in [1.29, 1.82) is 0 Å². The highest BCUT2D eigenvalue weighted by Crippen LogP contribution is 2.44. The zero-order valence-electron chi connectivity index (χ0n) is 14.5. The van der Waals surface area contributed by atoms with Crippen molar-refractivity contribution in [2.75, 3.05) is 33.4 Å². The summed E-state index contributed by atoms with van der Waals surface area (Å²) in [6, 6.07) is 2.80. The molecule has 2 aliphatic heterocycles. The van der Waals surface area contributed by atoms with Crippen LogP contribution in [-0.4, -0.2) is 61.1 Å². The molecule has 0 aromatic carbocycles. The van der Waals surface area contributed by atoms with Gasteiger partial charge in [-0.3, -0.25) is 9.69 Å². The van der Waals surface area contributed by atoms with Gasteiger partial charge in [-0.2, -0.15) is 0 Å². The maximum atomic E-state index is 12.4. The number of ether oxygens (including phenoxy) is 1. The van der Waals surface area contributed by atoms with Crippen LogP contribution in [0.5, 0.6) is 0 Å². The molecule has 3 heterocycles. The molecule has 128 valence electrons. The molecule has 1 amide bonds. The van der Waals surface area contributed by atoms with Crippen molar-refractivity contribution in [3.63, 3.8) is 0 Å². The second kappa shape index (κ2) is 6.65. The number of hydrogen-bond acceptors (Lipinski definition) is 4. The first-order valence-corrected chi connectivity index (χ1v) is 8.61. The van der Waals surface area contributed by atoms with E-state index in [0.29, 0.717) is 23.1 Å². The average molecular weight is 320 g/mol. The van der Waals surface area contributed by atoms with E-state index in [1.165, 1.54) is 12.7 Å². The first-order valence-electron chi connectivity index (χ1n) is 8.61. The predicted molar refractivity (Wildman–Crippen MR) is 88.4 cm³/mol. The normalized spacial score (nSPS) is 24.7. The third kappa shape index (κ3) is 3.31. The lowest BCUT2D eigenvalue weighted by molar-refractivity contribution is 0.0581. The highest BCUT2D eigenvalue weighted by Gasteiger charge is 2.46. The van der Waals surface area contributed by atoms with E-state index in [1.54, 1.807) is 19.4 Å². The molecule has 0 saturated carbocycles. The van der Waals surface area contributed by atoms with Crippen molar-refractivity contribution in [2.24, 2.45) is 5.41 Å². The van der Waals surface area contributed by atoms with Crippen LogP contribution in [0.2, 0.25) is 0 Å². The highest BCUT2D eigenvalue weighted by atomic mass is 16.5. The van der Waals surface area contributed by atoms with Crippen LogP contribution in [0.25, 0.3) is 0 Å². The molecule has 5 heteroatoms. The third-order valence-corrected chi connectivity index (χ3v) is 5.56. The number of carbonyl (C=O) groups is 1. The summed E-state index contributed by atoms with van der Waals surface area (Å²) in [5.74, 6) is 0.0979. The fraction of sp³-hybridized carbons (Fsp3) is 0.722. The van der Waals surface area contributed by atoms with Crippen molar-refractivity contribution in [3.05, 3.63) is 24.2 Å². The van der Waals surface area contributed by atoms with Gasteiger partial charge in [-0.05, 0) is 44.6 Å². The van der Waals surface area contributed by atoms with Gasteiger partial charge in [0, 0.05) is 38.8 Å². The molecule has 3 rings (SSSR count). The molecule has 1 spiro atoms. The fourth-order valence-corrected chi connectivity index (χ4v) is 4.26. The number of nitrogens with zero attached hydrogens (tertiary/aromatic N) is 2. The minimum atomic E-state index is 0.0979. The van der Waals surface area contributed by atoms with Gasteiger partial charge in [0.05, 0.1) is 18.4 Å². The van der Waals surface area contributed by atoms with E-state index in [4.69, 9.17) is 9.15 Å². The zero-order chi connectivity index (χ0) is 16.4. The number of furan rings is 1. The molecule has 2 saturated heterocycles. The van der Waals surface area contributed by atoms with Crippen molar-refractivity contribution in [3.8, 4) is 0 Å². The summed E-state index contributed by atoms with van der Waals surface area (Å²) in [6.45, 7) is 8.15. The summed E-state index contributed by atoms with van der Waals surface area (Å²) in [4.78, 5) is 17.0. The Hall–Kier alpha value is -1.33. The van der Waals surface area contributed by atoms with Crippen molar-refractivity contribution in [1.82, 2.24) is 9.80 Å². The first-order chi connectivity index (χ1) is 11.0. The summed E-state index contributed by atoms with van der Waals surface area (Å²) < 4.78 is 10.5. The van der Waals surface area contributed by atoms with Crippen LogP contribution in [0.1, 0.15) is 43.5 Å². The topological polar surface area (TPSA) is 45.9 Å². The molecular weight excluding hydrogens is 292 g/mol. The van der Waals surface area contributed by atoms with Crippen LogP contribution in [0.4, 0.5) is 0 Å². The maximum absolute atomic E-state index is 12.4. The van der Waals surface area contributed by atoms with Crippen LogP contribution in [-0.2, 0) is 4.74 Å². The van der Waals surface area contributed by atoms with Gasteiger partial charge in [0.1, 0.15) is 6.26 Å². The number of hydrogen-bond donors (Lipinski definition) is 0. The quantitative estimate of drug-likeness (QED) is 0.855. The number of rotatable bonds is 4. The molecule has 1 atom stereocenters. The van der Waals surface area contributed by atoms with E-state index in [-0.39, 0.29) is 5.91 Å². The number of carbonyl (C=O) groups excluding carboxylic acids is 1. The second-order valence-corrected chi connectivity index (χ2v) is 7.38. The molecule has 0 N–H and O–H groups in total. The predicted octanol–water partition coefficient (Wildman–Crippen LogP) is 2.63. The van der Waals surface area contributed by atoms with E-state index in [2.05, 4.69) is 18.7 Å². The summed E-state index contributed by atoms with van der Waals surface area (Å²) >= 11 is 0. The van der Waals surface area contributed by atoms with Gasteiger partial charge < -0.3 is 14.1 Å². The summed E-state index contributed by atoms with van der Waals surface area (Å²) in [5.41, 5.74) is 1.01. The lowest BCUT2D eigenvalue weighted by Gasteiger charge is -2.39. The number of methoxy groups -OCH3 is 1. The minimum Gasteiger partial charge on any atom is -0.472 e. The molecule has 23 heavy (non-hydrogen) atoms. The third-order valence-electron chi connectivity index (χ3n) is 5.56. The van der Waals surface area contributed by atoms with Gasteiger partial charge >= 0.3 is 0 Å². The summed E-state index contributed by atoms with van der Waals surface area (Å²) in [7, 11) is 1.79. The largest absolute Gasteiger partial charge is 0.472 e. The molecule has 0 radical (unpaired) electrons. The molecular formula is C18H28N2O3. The van der Waals surface area contributed by atoms with E-state index in [9.17, 15) is 4.79 Å². The molecule has 0 bridgehead atoms. The average Bonchev–Trinajstić information content (AvgIpc) is 3.17. The van der Waals surface area contributed by atoms with Gasteiger partial charge in [-0.25, -0.2) is 0 Å². The van der Waals surface area contributed by atoms with E-state index < -0.39 is 0 Å². The van der Waals surface area contributed by atoms with E-state index in [0.717, 1.165) is 39.1 Å². The van der Waals surface area contributed by atoms with Crippen LogP contribution >= 0.6 is 0 Å². The molecule has 5 nitrogen and oxygen atoms in total. The molecule has 0 aliphatic carbocycles. The van der Waals surface area contributed by atoms with Crippen molar-refractivity contribution in [2.45, 2.75) is 45.2 Å². The first kappa shape index (κ1) is 16.5. The molecule has 1 aromatic rings. The van der Waals surface area contributed by atoms with Crippen LogP contribution in [0, 0.1) is 5.41 Å². The molecule has 2 fully saturated rings. The Kier molecular flexibility index (Phi) is 4.78. The van der Waals surface area contributed by atoms with Gasteiger partial charge in [0.2, 0.25) is 0 Å². The van der Waals surface area contributed by atoms with Crippen LogP contribution in [0.15, 0.2) is 23.0 Å². The number of piperidine rings is 1. The highest BCUT2D eigenvalue weighted by molar-refractivity contribution is 5.93. The molecule has 1 aromatic heterocycles. The Morgan fingerprint density at radius 3 is 2.74 bits per heavy atom. The lowest BCUT2D eigenvalue weighted by Crippen LogP contribution is -2.44. The Morgan fingerprint density at radius 1 is 1.43 bits per heavy atom. The number of amides is 1. The van der Waals surface area contributed by atoms with E-state index in [1.807, 2.05) is 4.90 Å². The molecule has 0 unspecified atom stereocenters. The monoisotopic (exact) mass is 320 g/mol. The number of likely N-dealkylation sites (tertiary alicyclic amines) is 2. The van der Waals surface area contributed by atoms with Crippen LogP contribution in [0.3, 0.4) is 0 Å². The Balaban J connectivity index is 1.63. The Morgan fingerprint density at radius 2 is 2.17 bits per heavy atom. The van der Waals surface area contributed by atoms with Crippen molar-refractivity contribution >= 4 is 5.91 Å². The standard InChI is InChI=1S/C18H28N2O3/c1-14(2)20-13-18(10-16(20)12-22-3)5-7-19(8-6-18)17(21)15-4-9-23-11-15/h4,9,11,14,16H,5-8,10,12-13H2,1-3H3/t16-/m1/s1.